The van der Waals surface area contributed by atoms with Crippen LogP contribution in [0.25, 0.3) is 0 Å². The van der Waals surface area contributed by atoms with Gasteiger partial charge in [-0.2, -0.15) is 11.8 Å². The molecule has 0 bridgehead atoms. The maximum atomic E-state index is 3.66. The molecule has 2 aromatic carbocycles. The maximum Gasteiger partial charge on any atom is 0.0607 e. The summed E-state index contributed by atoms with van der Waals surface area (Å²) in [6, 6.07) is 17.9. The summed E-state index contributed by atoms with van der Waals surface area (Å²) >= 11 is 3.79. The molecule has 2 aromatic rings. The van der Waals surface area contributed by atoms with E-state index < -0.39 is 0 Å². The molecule has 0 aromatic heterocycles. The standard InChI is InChI=1S/C16H17NS2/c1-18-14-8-6-13(7-9-14)17-16-11-19-10-12-4-2-3-5-15(12)16/h2-9,16-17H,10-11H2,1H3. The van der Waals surface area contributed by atoms with Gasteiger partial charge < -0.3 is 5.32 Å². The number of nitrogens with one attached hydrogen (secondary N) is 1. The molecule has 1 N–H and O–H groups in total. The van der Waals surface area contributed by atoms with Gasteiger partial charge in [-0.15, -0.1) is 11.8 Å². The van der Waals surface area contributed by atoms with E-state index in [2.05, 4.69) is 60.1 Å². The molecule has 1 aliphatic rings. The van der Waals surface area contributed by atoms with Gasteiger partial charge in [0.25, 0.3) is 0 Å². The largest absolute Gasteiger partial charge is 0.377 e. The number of hydrogen-bond acceptors (Lipinski definition) is 3. The van der Waals surface area contributed by atoms with Crippen LogP contribution in [0.4, 0.5) is 5.69 Å². The SMILES string of the molecule is CSc1ccc(NC2CSCc3ccccc32)cc1. The van der Waals surface area contributed by atoms with Crippen LogP contribution in [0, 0.1) is 0 Å². The Morgan fingerprint density at radius 2 is 1.89 bits per heavy atom. The first kappa shape index (κ1) is 12.9. The van der Waals surface area contributed by atoms with Gasteiger partial charge in [0.2, 0.25) is 0 Å². The van der Waals surface area contributed by atoms with Crippen LogP contribution in [-0.4, -0.2) is 12.0 Å². The first-order valence-electron chi connectivity index (χ1n) is 6.43. The zero-order chi connectivity index (χ0) is 13.1. The minimum absolute atomic E-state index is 0.426. The van der Waals surface area contributed by atoms with E-state index >= 15 is 0 Å². The van der Waals surface area contributed by atoms with Gasteiger partial charge in [0, 0.05) is 22.1 Å². The Morgan fingerprint density at radius 1 is 1.11 bits per heavy atom. The summed E-state index contributed by atoms with van der Waals surface area (Å²) in [5, 5.41) is 3.66. The van der Waals surface area contributed by atoms with Gasteiger partial charge in [-0.25, -0.2) is 0 Å². The lowest BCUT2D eigenvalue weighted by molar-refractivity contribution is 0.871. The van der Waals surface area contributed by atoms with Gasteiger partial charge in [-0.3, -0.25) is 0 Å². The second kappa shape index (κ2) is 5.93. The third-order valence-corrected chi connectivity index (χ3v) is 5.23. The molecule has 0 fully saturated rings. The summed E-state index contributed by atoms with van der Waals surface area (Å²) in [6.07, 6.45) is 2.11. The first-order valence-corrected chi connectivity index (χ1v) is 8.81. The highest BCUT2D eigenvalue weighted by atomic mass is 32.2. The normalized spacial score (nSPS) is 17.8. The molecule has 98 valence electrons. The van der Waals surface area contributed by atoms with Crippen LogP contribution in [0.1, 0.15) is 17.2 Å². The molecule has 3 heteroatoms. The Kier molecular flexibility index (Phi) is 4.04. The molecule has 0 spiro atoms. The average Bonchev–Trinajstić information content (AvgIpc) is 2.48. The molecule has 1 unspecified atom stereocenters. The van der Waals surface area contributed by atoms with Crippen LogP contribution < -0.4 is 5.32 Å². The average molecular weight is 287 g/mol. The Hall–Kier alpha value is -1.06. The van der Waals surface area contributed by atoms with Crippen LogP contribution in [-0.2, 0) is 5.75 Å². The first-order chi connectivity index (χ1) is 9.36. The number of hydrogen-bond donors (Lipinski definition) is 1. The number of thioether (sulfide) groups is 2. The molecule has 1 nitrogen and oxygen atoms in total. The van der Waals surface area contributed by atoms with Crippen molar-refractivity contribution < 1.29 is 0 Å². The molecule has 1 aliphatic heterocycles. The van der Waals surface area contributed by atoms with Crippen molar-refractivity contribution in [1.82, 2.24) is 0 Å². The predicted molar refractivity (Wildman–Crippen MR) is 87.2 cm³/mol. The molecule has 0 saturated carbocycles. The van der Waals surface area contributed by atoms with Gasteiger partial charge in [0.05, 0.1) is 6.04 Å². The summed E-state index contributed by atoms with van der Waals surface area (Å²) in [6.45, 7) is 0. The number of anilines is 1. The van der Waals surface area contributed by atoms with Crippen molar-refractivity contribution in [1.29, 1.82) is 0 Å². The fourth-order valence-electron chi connectivity index (χ4n) is 2.39. The second-order valence-electron chi connectivity index (χ2n) is 4.64. The molecule has 0 saturated heterocycles. The Balaban J connectivity index is 1.80. The molecule has 0 amide bonds. The number of benzene rings is 2. The summed E-state index contributed by atoms with van der Waals surface area (Å²) in [4.78, 5) is 1.31. The van der Waals surface area contributed by atoms with E-state index in [1.807, 2.05) is 11.8 Å². The smallest absolute Gasteiger partial charge is 0.0607 e. The van der Waals surface area contributed by atoms with E-state index in [0.717, 1.165) is 11.5 Å². The van der Waals surface area contributed by atoms with Crippen molar-refractivity contribution >= 4 is 29.2 Å². The summed E-state index contributed by atoms with van der Waals surface area (Å²) in [7, 11) is 0. The molecule has 1 heterocycles. The van der Waals surface area contributed by atoms with Gasteiger partial charge in [-0.05, 0) is 41.6 Å². The molecular formula is C16H17NS2. The van der Waals surface area contributed by atoms with Crippen molar-refractivity contribution in [2.24, 2.45) is 0 Å². The molecule has 19 heavy (non-hydrogen) atoms. The number of rotatable bonds is 3. The Labute approximate surface area is 123 Å². The van der Waals surface area contributed by atoms with Crippen molar-refractivity contribution in [3.8, 4) is 0 Å². The van der Waals surface area contributed by atoms with Crippen LogP contribution in [0.15, 0.2) is 53.4 Å². The van der Waals surface area contributed by atoms with Crippen LogP contribution in [0.5, 0.6) is 0 Å². The van der Waals surface area contributed by atoms with Crippen LogP contribution >= 0.6 is 23.5 Å². The number of fused-ring (bicyclic) bond motifs is 1. The van der Waals surface area contributed by atoms with Gasteiger partial charge in [-0.1, -0.05) is 24.3 Å². The molecule has 0 aliphatic carbocycles. The highest BCUT2D eigenvalue weighted by Crippen LogP contribution is 2.33. The fourth-order valence-corrected chi connectivity index (χ4v) is 3.90. The summed E-state index contributed by atoms with van der Waals surface area (Å²) in [5.74, 6) is 2.28. The van der Waals surface area contributed by atoms with E-state index in [-0.39, 0.29) is 0 Å². The van der Waals surface area contributed by atoms with E-state index in [1.54, 1.807) is 11.8 Å². The van der Waals surface area contributed by atoms with Gasteiger partial charge in [0.15, 0.2) is 0 Å². The lowest BCUT2D eigenvalue weighted by atomic mass is 10.0. The third-order valence-electron chi connectivity index (χ3n) is 3.40. The van der Waals surface area contributed by atoms with Crippen molar-refractivity contribution in [2.45, 2.75) is 16.7 Å². The van der Waals surface area contributed by atoms with E-state index in [4.69, 9.17) is 0 Å². The zero-order valence-corrected chi connectivity index (χ0v) is 12.6. The summed E-state index contributed by atoms with van der Waals surface area (Å²) in [5.41, 5.74) is 4.13. The molecule has 3 rings (SSSR count). The molecule has 1 atom stereocenters. The molecule has 0 radical (unpaired) electrons. The van der Waals surface area contributed by atoms with Gasteiger partial charge >= 0.3 is 0 Å². The van der Waals surface area contributed by atoms with Crippen molar-refractivity contribution in [3.63, 3.8) is 0 Å². The topological polar surface area (TPSA) is 12.0 Å². The second-order valence-corrected chi connectivity index (χ2v) is 6.55. The van der Waals surface area contributed by atoms with E-state index in [0.29, 0.717) is 6.04 Å². The minimum Gasteiger partial charge on any atom is -0.377 e. The van der Waals surface area contributed by atoms with Crippen molar-refractivity contribution in [3.05, 3.63) is 59.7 Å². The highest BCUT2D eigenvalue weighted by Gasteiger charge is 2.19. The minimum atomic E-state index is 0.426. The highest BCUT2D eigenvalue weighted by molar-refractivity contribution is 7.98. The monoisotopic (exact) mass is 287 g/mol. The third kappa shape index (κ3) is 2.93. The maximum absolute atomic E-state index is 3.66. The summed E-state index contributed by atoms with van der Waals surface area (Å²) < 4.78 is 0. The van der Waals surface area contributed by atoms with Crippen molar-refractivity contribution in [2.75, 3.05) is 17.3 Å². The van der Waals surface area contributed by atoms with E-state index in [9.17, 15) is 0 Å². The van der Waals surface area contributed by atoms with Gasteiger partial charge in [0.1, 0.15) is 0 Å². The Bertz CT molecular complexity index is 551. The Morgan fingerprint density at radius 3 is 2.68 bits per heavy atom. The fraction of sp³-hybridized carbons (Fsp3) is 0.250. The lowest BCUT2D eigenvalue weighted by Crippen LogP contribution is -2.18. The molecular weight excluding hydrogens is 270 g/mol. The van der Waals surface area contributed by atoms with Crippen LogP contribution in [0.2, 0.25) is 0 Å². The van der Waals surface area contributed by atoms with E-state index in [1.165, 1.54) is 21.7 Å². The predicted octanol–water partition coefficient (Wildman–Crippen LogP) is 4.81. The lowest BCUT2D eigenvalue weighted by Gasteiger charge is -2.27. The van der Waals surface area contributed by atoms with Crippen LogP contribution in [0.3, 0.4) is 0 Å². The quantitative estimate of drug-likeness (QED) is 0.814. The zero-order valence-electron chi connectivity index (χ0n) is 10.9.